The summed E-state index contributed by atoms with van der Waals surface area (Å²) >= 11 is 1.14. The van der Waals surface area contributed by atoms with Crippen molar-refractivity contribution in [3.63, 3.8) is 0 Å². The Morgan fingerprint density at radius 1 is 1.14 bits per heavy atom. The van der Waals surface area contributed by atoms with Crippen LogP contribution in [0.1, 0.15) is 11.3 Å². The fourth-order valence-corrected chi connectivity index (χ4v) is 4.14. The number of aromatic nitrogens is 1. The van der Waals surface area contributed by atoms with Gasteiger partial charge in [-0.15, -0.1) is 11.3 Å². The molecule has 22 heavy (non-hydrogen) atoms. The van der Waals surface area contributed by atoms with E-state index in [1.165, 1.54) is 0 Å². The highest BCUT2D eigenvalue weighted by molar-refractivity contribution is 7.94. The van der Waals surface area contributed by atoms with Crippen molar-refractivity contribution in [1.82, 2.24) is 5.16 Å². The van der Waals surface area contributed by atoms with Crippen LogP contribution in [-0.4, -0.2) is 13.6 Å². The van der Waals surface area contributed by atoms with Crippen LogP contribution in [0.3, 0.4) is 0 Å². The summed E-state index contributed by atoms with van der Waals surface area (Å²) in [5.41, 5.74) is 3.07. The number of sulfonamides is 1. The van der Waals surface area contributed by atoms with Crippen LogP contribution in [0.25, 0.3) is 11.3 Å². The molecule has 1 N–H and O–H groups in total. The van der Waals surface area contributed by atoms with Crippen LogP contribution in [0.15, 0.2) is 50.5 Å². The Bertz CT molecular complexity index is 893. The number of rotatable bonds is 4. The summed E-state index contributed by atoms with van der Waals surface area (Å²) in [5.74, 6) is 0.561. The maximum atomic E-state index is 12.4. The zero-order chi connectivity index (χ0) is 15.7. The fourth-order valence-electron chi connectivity index (χ4n) is 1.91. The number of thiophene rings is 1. The summed E-state index contributed by atoms with van der Waals surface area (Å²) in [7, 11) is -3.60. The Hall–Kier alpha value is -2.12. The van der Waals surface area contributed by atoms with Gasteiger partial charge in [0, 0.05) is 22.7 Å². The Morgan fingerprint density at radius 3 is 2.50 bits per heavy atom. The van der Waals surface area contributed by atoms with E-state index in [0.29, 0.717) is 17.0 Å². The Labute approximate surface area is 132 Å². The van der Waals surface area contributed by atoms with E-state index in [9.17, 15) is 8.42 Å². The van der Waals surface area contributed by atoms with Crippen LogP contribution in [0.2, 0.25) is 0 Å². The first-order valence-electron chi connectivity index (χ1n) is 6.56. The minimum absolute atomic E-state index is 0.233. The zero-order valence-electron chi connectivity index (χ0n) is 12.0. The predicted octanol–water partition coefficient (Wildman–Crippen LogP) is 3.82. The standard InChI is InChI=1S/C15H14N2O3S2/c1-10-3-5-13(6-4-10)17-22(18,19)15-8-12(9-21-15)14-7-11(2)16-20-14/h3-9,17H,1-2H3. The highest BCUT2D eigenvalue weighted by atomic mass is 32.2. The maximum Gasteiger partial charge on any atom is 0.271 e. The summed E-state index contributed by atoms with van der Waals surface area (Å²) in [4.78, 5) is 0. The molecule has 0 spiro atoms. The second-order valence-electron chi connectivity index (χ2n) is 4.96. The first-order valence-corrected chi connectivity index (χ1v) is 8.92. The van der Waals surface area contributed by atoms with E-state index in [1.54, 1.807) is 29.6 Å². The van der Waals surface area contributed by atoms with Gasteiger partial charge < -0.3 is 4.52 Å². The number of hydrogen-bond acceptors (Lipinski definition) is 5. The van der Waals surface area contributed by atoms with Gasteiger partial charge in [0.25, 0.3) is 10.0 Å². The Morgan fingerprint density at radius 2 is 1.86 bits per heavy atom. The number of nitrogens with one attached hydrogen (secondary N) is 1. The van der Waals surface area contributed by atoms with E-state index < -0.39 is 10.0 Å². The summed E-state index contributed by atoms with van der Waals surface area (Å²) < 4.78 is 32.7. The molecule has 0 unspecified atom stereocenters. The van der Waals surface area contributed by atoms with Crippen LogP contribution in [0.4, 0.5) is 5.69 Å². The van der Waals surface area contributed by atoms with Gasteiger partial charge in [-0.2, -0.15) is 0 Å². The highest BCUT2D eigenvalue weighted by Crippen LogP contribution is 2.30. The molecule has 3 rings (SSSR count). The average Bonchev–Trinajstić information content (AvgIpc) is 3.10. The number of aryl methyl sites for hydroxylation is 2. The van der Waals surface area contributed by atoms with Crippen molar-refractivity contribution in [1.29, 1.82) is 0 Å². The molecule has 0 fully saturated rings. The van der Waals surface area contributed by atoms with Crippen molar-refractivity contribution < 1.29 is 12.9 Å². The average molecular weight is 334 g/mol. The van der Waals surface area contributed by atoms with Crippen LogP contribution in [0.5, 0.6) is 0 Å². The molecular weight excluding hydrogens is 320 g/mol. The minimum Gasteiger partial charge on any atom is -0.356 e. The van der Waals surface area contributed by atoms with E-state index >= 15 is 0 Å². The molecule has 0 amide bonds. The SMILES string of the molecule is Cc1ccc(NS(=O)(=O)c2cc(-c3cc(C)no3)cs2)cc1. The molecule has 0 bridgehead atoms. The third kappa shape index (κ3) is 3.05. The first-order chi connectivity index (χ1) is 10.4. The number of nitrogens with zero attached hydrogens (tertiary/aromatic N) is 1. The van der Waals surface area contributed by atoms with Gasteiger partial charge in [-0.1, -0.05) is 22.9 Å². The molecular formula is C15H14N2O3S2. The van der Waals surface area contributed by atoms with E-state index in [-0.39, 0.29) is 4.21 Å². The van der Waals surface area contributed by atoms with Gasteiger partial charge in [-0.3, -0.25) is 4.72 Å². The zero-order valence-corrected chi connectivity index (χ0v) is 13.7. The van der Waals surface area contributed by atoms with Gasteiger partial charge in [0.05, 0.1) is 5.69 Å². The van der Waals surface area contributed by atoms with Crippen molar-refractivity contribution in [3.8, 4) is 11.3 Å². The molecule has 0 atom stereocenters. The summed E-state index contributed by atoms with van der Waals surface area (Å²) in [6, 6.07) is 10.5. The van der Waals surface area contributed by atoms with Crippen molar-refractivity contribution in [2.45, 2.75) is 18.1 Å². The van der Waals surface area contributed by atoms with Crippen molar-refractivity contribution in [2.75, 3.05) is 4.72 Å². The molecule has 114 valence electrons. The van der Waals surface area contributed by atoms with Crippen LogP contribution < -0.4 is 4.72 Å². The molecule has 3 aromatic rings. The topological polar surface area (TPSA) is 72.2 Å². The number of anilines is 1. The van der Waals surface area contributed by atoms with Crippen molar-refractivity contribution in [2.24, 2.45) is 0 Å². The molecule has 2 heterocycles. The first kappa shape index (κ1) is 14.8. The second kappa shape index (κ2) is 5.58. The quantitative estimate of drug-likeness (QED) is 0.787. The van der Waals surface area contributed by atoms with Gasteiger partial charge in [0.1, 0.15) is 4.21 Å². The molecule has 0 aliphatic heterocycles. The number of benzene rings is 1. The lowest BCUT2D eigenvalue weighted by atomic mass is 10.2. The largest absolute Gasteiger partial charge is 0.356 e. The van der Waals surface area contributed by atoms with Gasteiger partial charge >= 0.3 is 0 Å². The molecule has 2 aromatic heterocycles. The monoisotopic (exact) mass is 334 g/mol. The van der Waals surface area contributed by atoms with Crippen LogP contribution >= 0.6 is 11.3 Å². The van der Waals surface area contributed by atoms with Gasteiger partial charge in [0.15, 0.2) is 5.76 Å². The molecule has 0 saturated heterocycles. The Kier molecular flexibility index (Phi) is 3.76. The summed E-state index contributed by atoms with van der Waals surface area (Å²) in [6.45, 7) is 3.76. The van der Waals surface area contributed by atoms with Crippen molar-refractivity contribution in [3.05, 3.63) is 53.0 Å². The van der Waals surface area contributed by atoms with E-state index in [0.717, 1.165) is 22.6 Å². The third-order valence-corrected chi connectivity index (χ3v) is 5.88. The van der Waals surface area contributed by atoms with E-state index in [2.05, 4.69) is 9.88 Å². The lowest BCUT2D eigenvalue weighted by Crippen LogP contribution is -2.11. The molecule has 7 heteroatoms. The molecule has 1 aromatic carbocycles. The minimum atomic E-state index is -3.60. The molecule has 0 aliphatic carbocycles. The third-order valence-electron chi connectivity index (χ3n) is 3.06. The molecule has 0 aliphatic rings. The lowest BCUT2D eigenvalue weighted by molar-refractivity contribution is 0.427. The molecule has 5 nitrogen and oxygen atoms in total. The van der Waals surface area contributed by atoms with E-state index in [4.69, 9.17) is 4.52 Å². The normalized spacial score (nSPS) is 11.5. The highest BCUT2D eigenvalue weighted by Gasteiger charge is 2.18. The fraction of sp³-hybridized carbons (Fsp3) is 0.133. The Balaban J connectivity index is 1.86. The van der Waals surface area contributed by atoms with E-state index in [1.807, 2.05) is 26.0 Å². The summed E-state index contributed by atoms with van der Waals surface area (Å²) in [5, 5.41) is 5.54. The predicted molar refractivity (Wildman–Crippen MR) is 86.5 cm³/mol. The van der Waals surface area contributed by atoms with Crippen LogP contribution in [-0.2, 0) is 10.0 Å². The maximum absolute atomic E-state index is 12.4. The number of hydrogen-bond donors (Lipinski definition) is 1. The van der Waals surface area contributed by atoms with Gasteiger partial charge in [0.2, 0.25) is 0 Å². The van der Waals surface area contributed by atoms with Gasteiger partial charge in [-0.05, 0) is 32.0 Å². The molecule has 0 saturated carbocycles. The lowest BCUT2D eigenvalue weighted by Gasteiger charge is -2.06. The second-order valence-corrected chi connectivity index (χ2v) is 7.78. The molecule has 0 radical (unpaired) electrons. The smallest absolute Gasteiger partial charge is 0.271 e. The van der Waals surface area contributed by atoms with Gasteiger partial charge in [-0.25, -0.2) is 8.42 Å². The summed E-state index contributed by atoms with van der Waals surface area (Å²) in [6.07, 6.45) is 0. The van der Waals surface area contributed by atoms with Crippen LogP contribution in [0, 0.1) is 13.8 Å². The van der Waals surface area contributed by atoms with Crippen molar-refractivity contribution >= 4 is 27.0 Å².